The largest absolute Gasteiger partial charge is 0.464 e. The lowest BCUT2D eigenvalue weighted by molar-refractivity contribution is 0.0590. The second-order valence-electron chi connectivity index (χ2n) is 3.03. The van der Waals surface area contributed by atoms with Crippen LogP contribution in [0.5, 0.6) is 0 Å². The molecule has 0 aliphatic heterocycles. The maximum absolute atomic E-state index is 11.3. The first kappa shape index (κ1) is 11.9. The predicted molar refractivity (Wildman–Crippen MR) is 54.7 cm³/mol. The average molecular weight is 221 g/mol. The molecule has 0 bridgehead atoms. The van der Waals surface area contributed by atoms with Gasteiger partial charge in [0.1, 0.15) is 0 Å². The van der Waals surface area contributed by atoms with Crippen LogP contribution in [0.2, 0.25) is 0 Å². The van der Waals surface area contributed by atoms with Gasteiger partial charge in [-0.15, -0.1) is 0 Å². The number of rotatable bonds is 4. The number of methoxy groups -OCH3 is 1. The van der Waals surface area contributed by atoms with Gasteiger partial charge in [-0.1, -0.05) is 0 Å². The highest BCUT2D eigenvalue weighted by Gasteiger charge is 2.08. The Hall–Kier alpha value is -2.16. The molecule has 0 saturated heterocycles. The molecule has 1 rings (SSSR count). The first-order valence-electron chi connectivity index (χ1n) is 4.72. The lowest BCUT2D eigenvalue weighted by Crippen LogP contribution is -2.24. The summed E-state index contributed by atoms with van der Waals surface area (Å²) in [6, 6.07) is 4.54. The number of carbonyl (C=O) groups is 1. The summed E-state index contributed by atoms with van der Waals surface area (Å²) in [6.07, 6.45) is 0.866. The van der Waals surface area contributed by atoms with Gasteiger partial charge in [0.25, 0.3) is 5.56 Å². The molecule has 0 saturated carbocycles. The Balaban J connectivity index is 2.87. The van der Waals surface area contributed by atoms with E-state index in [1.165, 1.54) is 19.2 Å². The topological polar surface area (TPSA) is 85.0 Å². The molecule has 0 radical (unpaired) electrons. The molecule has 6 heteroatoms. The summed E-state index contributed by atoms with van der Waals surface area (Å²) < 4.78 is 5.64. The van der Waals surface area contributed by atoms with E-state index in [2.05, 4.69) is 9.84 Å². The minimum atomic E-state index is -0.589. The molecular weight excluding hydrogens is 210 g/mol. The van der Waals surface area contributed by atoms with Gasteiger partial charge < -0.3 is 4.74 Å². The Bertz CT molecular complexity index is 473. The molecule has 0 aliphatic rings. The van der Waals surface area contributed by atoms with Crippen molar-refractivity contribution in [1.82, 2.24) is 9.78 Å². The highest BCUT2D eigenvalue weighted by atomic mass is 16.5. The van der Waals surface area contributed by atoms with Crippen LogP contribution < -0.4 is 5.56 Å². The lowest BCUT2D eigenvalue weighted by atomic mass is 10.3. The Labute approximate surface area is 92.1 Å². The fourth-order valence-electron chi connectivity index (χ4n) is 1.13. The molecule has 0 atom stereocenters. The van der Waals surface area contributed by atoms with Crippen molar-refractivity contribution in [3.05, 3.63) is 28.2 Å². The van der Waals surface area contributed by atoms with Crippen molar-refractivity contribution in [2.75, 3.05) is 7.11 Å². The number of carbonyl (C=O) groups excluding carboxylic acids is 1. The SMILES string of the molecule is COC(=O)c1ccc(=O)n(CCCC#N)n1. The van der Waals surface area contributed by atoms with Gasteiger partial charge in [-0.25, -0.2) is 9.48 Å². The van der Waals surface area contributed by atoms with Gasteiger partial charge in [0.15, 0.2) is 5.69 Å². The van der Waals surface area contributed by atoms with Crippen molar-refractivity contribution in [2.24, 2.45) is 0 Å². The third-order valence-electron chi connectivity index (χ3n) is 1.92. The summed E-state index contributed by atoms with van der Waals surface area (Å²) in [4.78, 5) is 22.5. The van der Waals surface area contributed by atoms with E-state index in [-0.39, 0.29) is 11.3 Å². The summed E-state index contributed by atoms with van der Waals surface area (Å²) in [6.45, 7) is 0.317. The van der Waals surface area contributed by atoms with Crippen molar-refractivity contribution >= 4 is 5.97 Å². The molecular formula is C10H11N3O3. The van der Waals surface area contributed by atoms with E-state index in [0.29, 0.717) is 19.4 Å². The third-order valence-corrected chi connectivity index (χ3v) is 1.92. The summed E-state index contributed by atoms with van der Waals surface area (Å²) in [5, 5.41) is 12.2. The molecule has 1 heterocycles. The van der Waals surface area contributed by atoms with Crippen molar-refractivity contribution in [2.45, 2.75) is 19.4 Å². The highest BCUT2D eigenvalue weighted by molar-refractivity contribution is 5.86. The molecule has 0 fully saturated rings. The number of unbranched alkanes of at least 4 members (excludes halogenated alkanes) is 1. The van der Waals surface area contributed by atoms with Crippen LogP contribution >= 0.6 is 0 Å². The molecule has 0 aliphatic carbocycles. The van der Waals surface area contributed by atoms with E-state index in [9.17, 15) is 9.59 Å². The first-order chi connectivity index (χ1) is 7.69. The molecule has 84 valence electrons. The van der Waals surface area contributed by atoms with Crippen LogP contribution in [0, 0.1) is 11.3 Å². The van der Waals surface area contributed by atoms with E-state index in [0.717, 1.165) is 4.68 Å². The standard InChI is InChI=1S/C10H11N3O3/c1-16-10(15)8-4-5-9(14)13(12-8)7-3-2-6-11/h4-5H,2-3,7H2,1H3. The van der Waals surface area contributed by atoms with Crippen LogP contribution in [0.25, 0.3) is 0 Å². The van der Waals surface area contributed by atoms with Gasteiger partial charge in [-0.3, -0.25) is 4.79 Å². The zero-order valence-corrected chi connectivity index (χ0v) is 8.84. The molecule has 6 nitrogen and oxygen atoms in total. The maximum Gasteiger partial charge on any atom is 0.358 e. The van der Waals surface area contributed by atoms with Gasteiger partial charge in [0, 0.05) is 19.0 Å². The summed E-state index contributed by atoms with van der Waals surface area (Å²) >= 11 is 0. The number of hydrogen-bond donors (Lipinski definition) is 0. The van der Waals surface area contributed by atoms with Crippen molar-refractivity contribution in [1.29, 1.82) is 5.26 Å². The van der Waals surface area contributed by atoms with Crippen molar-refractivity contribution in [3.8, 4) is 6.07 Å². The number of nitriles is 1. The van der Waals surface area contributed by atoms with Crippen LogP contribution in [0.1, 0.15) is 23.3 Å². The molecule has 0 spiro atoms. The van der Waals surface area contributed by atoms with E-state index < -0.39 is 5.97 Å². The van der Waals surface area contributed by atoms with Gasteiger partial charge in [-0.05, 0) is 12.5 Å². The van der Waals surface area contributed by atoms with E-state index in [4.69, 9.17) is 5.26 Å². The summed E-state index contributed by atoms with van der Waals surface area (Å²) in [5.41, 5.74) is -0.218. The van der Waals surface area contributed by atoms with E-state index >= 15 is 0 Å². The number of hydrogen-bond acceptors (Lipinski definition) is 5. The van der Waals surface area contributed by atoms with Gasteiger partial charge in [0.05, 0.1) is 13.2 Å². The van der Waals surface area contributed by atoms with Crippen LogP contribution in [-0.2, 0) is 11.3 Å². The first-order valence-corrected chi connectivity index (χ1v) is 4.72. The van der Waals surface area contributed by atoms with Crippen LogP contribution in [0.3, 0.4) is 0 Å². The molecule has 0 amide bonds. The van der Waals surface area contributed by atoms with Gasteiger partial charge in [-0.2, -0.15) is 10.4 Å². The van der Waals surface area contributed by atoms with Gasteiger partial charge in [0.2, 0.25) is 0 Å². The average Bonchev–Trinajstić information content (AvgIpc) is 2.31. The maximum atomic E-state index is 11.3. The highest BCUT2D eigenvalue weighted by Crippen LogP contribution is 1.95. The number of esters is 1. The Morgan fingerprint density at radius 2 is 2.38 bits per heavy atom. The quantitative estimate of drug-likeness (QED) is 0.540. The number of aromatic nitrogens is 2. The Morgan fingerprint density at radius 1 is 1.62 bits per heavy atom. The molecule has 0 N–H and O–H groups in total. The smallest absolute Gasteiger partial charge is 0.358 e. The zero-order chi connectivity index (χ0) is 12.0. The molecule has 1 aromatic rings. The van der Waals surface area contributed by atoms with Crippen LogP contribution in [0.4, 0.5) is 0 Å². The molecule has 0 aromatic carbocycles. The van der Waals surface area contributed by atoms with E-state index in [1.807, 2.05) is 6.07 Å². The minimum absolute atomic E-state index is 0.0825. The van der Waals surface area contributed by atoms with Crippen LogP contribution in [0.15, 0.2) is 16.9 Å². The molecule has 1 aromatic heterocycles. The van der Waals surface area contributed by atoms with Crippen molar-refractivity contribution < 1.29 is 9.53 Å². The summed E-state index contributed by atoms with van der Waals surface area (Å²) in [5.74, 6) is -0.589. The van der Waals surface area contributed by atoms with Crippen LogP contribution in [-0.4, -0.2) is 22.9 Å². The number of ether oxygens (including phenoxy) is 1. The lowest BCUT2D eigenvalue weighted by Gasteiger charge is -2.04. The van der Waals surface area contributed by atoms with E-state index in [1.54, 1.807) is 0 Å². The minimum Gasteiger partial charge on any atom is -0.464 e. The van der Waals surface area contributed by atoms with Crippen molar-refractivity contribution in [3.63, 3.8) is 0 Å². The monoisotopic (exact) mass is 221 g/mol. The Morgan fingerprint density at radius 3 is 3.00 bits per heavy atom. The molecule has 16 heavy (non-hydrogen) atoms. The fraction of sp³-hybridized carbons (Fsp3) is 0.400. The fourth-order valence-corrected chi connectivity index (χ4v) is 1.13. The Kier molecular flexibility index (Phi) is 4.21. The third kappa shape index (κ3) is 2.92. The zero-order valence-electron chi connectivity index (χ0n) is 8.84. The predicted octanol–water partition coefficient (Wildman–Crippen LogP) is 0.334. The normalized spacial score (nSPS) is 9.50. The number of aryl methyl sites for hydroxylation is 1. The molecule has 0 unspecified atom stereocenters. The van der Waals surface area contributed by atoms with Gasteiger partial charge >= 0.3 is 5.97 Å². The number of nitrogens with zero attached hydrogens (tertiary/aromatic N) is 3. The second kappa shape index (κ2) is 5.66. The summed E-state index contributed by atoms with van der Waals surface area (Å²) in [7, 11) is 1.25. The second-order valence-corrected chi connectivity index (χ2v) is 3.03.